The first-order chi connectivity index (χ1) is 13.3. The SMILES string of the molecule is O=C(Cc1cccc2ccccc12)NCc1ccc(N2CCOCC2)nc1. The fourth-order valence-electron chi connectivity index (χ4n) is 3.38. The average Bonchev–Trinajstić information content (AvgIpc) is 2.74. The van der Waals surface area contributed by atoms with E-state index in [0.29, 0.717) is 13.0 Å². The third-order valence-corrected chi connectivity index (χ3v) is 4.86. The van der Waals surface area contributed by atoms with Gasteiger partial charge in [0.1, 0.15) is 5.82 Å². The summed E-state index contributed by atoms with van der Waals surface area (Å²) < 4.78 is 5.37. The third-order valence-electron chi connectivity index (χ3n) is 4.86. The number of amides is 1. The lowest BCUT2D eigenvalue weighted by molar-refractivity contribution is -0.120. The highest BCUT2D eigenvalue weighted by Gasteiger charge is 2.12. The minimum Gasteiger partial charge on any atom is -0.378 e. The van der Waals surface area contributed by atoms with Gasteiger partial charge in [0.05, 0.1) is 19.6 Å². The summed E-state index contributed by atoms with van der Waals surface area (Å²) in [5, 5.41) is 5.29. The van der Waals surface area contributed by atoms with Crippen LogP contribution >= 0.6 is 0 Å². The zero-order chi connectivity index (χ0) is 18.5. The van der Waals surface area contributed by atoms with Crippen LogP contribution in [-0.4, -0.2) is 37.2 Å². The van der Waals surface area contributed by atoms with Gasteiger partial charge < -0.3 is 15.0 Å². The Morgan fingerprint density at radius 1 is 1.04 bits per heavy atom. The van der Waals surface area contributed by atoms with Gasteiger partial charge in [-0.15, -0.1) is 0 Å². The van der Waals surface area contributed by atoms with Crippen LogP contribution in [0.3, 0.4) is 0 Å². The number of fused-ring (bicyclic) bond motifs is 1. The maximum Gasteiger partial charge on any atom is 0.224 e. The lowest BCUT2D eigenvalue weighted by atomic mass is 10.0. The quantitative estimate of drug-likeness (QED) is 0.759. The molecule has 0 bridgehead atoms. The average molecular weight is 361 g/mol. The van der Waals surface area contributed by atoms with E-state index in [0.717, 1.165) is 54.0 Å². The molecule has 0 unspecified atom stereocenters. The van der Waals surface area contributed by atoms with Gasteiger partial charge in [0.2, 0.25) is 5.91 Å². The Morgan fingerprint density at radius 3 is 2.67 bits per heavy atom. The van der Waals surface area contributed by atoms with Gasteiger partial charge in [-0.1, -0.05) is 48.5 Å². The van der Waals surface area contributed by atoms with Gasteiger partial charge in [-0.25, -0.2) is 4.98 Å². The van der Waals surface area contributed by atoms with Crippen molar-refractivity contribution in [3.05, 3.63) is 71.9 Å². The van der Waals surface area contributed by atoms with Crippen LogP contribution in [0.4, 0.5) is 5.82 Å². The first kappa shape index (κ1) is 17.5. The van der Waals surface area contributed by atoms with Crippen LogP contribution in [0.2, 0.25) is 0 Å². The van der Waals surface area contributed by atoms with Crippen molar-refractivity contribution in [2.45, 2.75) is 13.0 Å². The number of anilines is 1. The zero-order valence-electron chi connectivity index (χ0n) is 15.2. The second kappa shape index (κ2) is 8.18. The Balaban J connectivity index is 1.35. The molecule has 27 heavy (non-hydrogen) atoms. The molecular formula is C22H23N3O2. The molecule has 5 heteroatoms. The molecule has 2 aromatic carbocycles. The van der Waals surface area contributed by atoms with Crippen LogP contribution in [0.15, 0.2) is 60.8 Å². The number of pyridine rings is 1. The number of morpholine rings is 1. The van der Waals surface area contributed by atoms with E-state index in [1.54, 1.807) is 0 Å². The Kier molecular flexibility index (Phi) is 5.30. The molecule has 0 saturated carbocycles. The van der Waals surface area contributed by atoms with E-state index in [-0.39, 0.29) is 5.91 Å². The Hall–Kier alpha value is -2.92. The van der Waals surface area contributed by atoms with E-state index >= 15 is 0 Å². The van der Waals surface area contributed by atoms with Gasteiger partial charge in [0.25, 0.3) is 0 Å². The molecule has 0 radical (unpaired) electrons. The van der Waals surface area contributed by atoms with Gasteiger partial charge in [-0.3, -0.25) is 4.79 Å². The Morgan fingerprint density at radius 2 is 1.85 bits per heavy atom. The predicted octanol–water partition coefficient (Wildman–Crippen LogP) is 2.93. The second-order valence-electron chi connectivity index (χ2n) is 6.72. The van der Waals surface area contributed by atoms with E-state index in [4.69, 9.17) is 4.74 Å². The van der Waals surface area contributed by atoms with Gasteiger partial charge in [0.15, 0.2) is 0 Å². The summed E-state index contributed by atoms with van der Waals surface area (Å²) in [4.78, 5) is 19.1. The van der Waals surface area contributed by atoms with E-state index in [1.807, 2.05) is 42.6 Å². The highest BCUT2D eigenvalue weighted by Crippen LogP contribution is 2.19. The number of hydrogen-bond donors (Lipinski definition) is 1. The third kappa shape index (κ3) is 4.26. The number of rotatable bonds is 5. The number of nitrogens with zero attached hydrogens (tertiary/aromatic N) is 2. The zero-order valence-corrected chi connectivity index (χ0v) is 15.2. The lowest BCUT2D eigenvalue weighted by Crippen LogP contribution is -2.36. The monoisotopic (exact) mass is 361 g/mol. The van der Waals surface area contributed by atoms with Crippen LogP contribution in [-0.2, 0) is 22.5 Å². The number of benzene rings is 2. The van der Waals surface area contributed by atoms with E-state index < -0.39 is 0 Å². The van der Waals surface area contributed by atoms with Crippen LogP contribution in [0, 0.1) is 0 Å². The fourth-order valence-corrected chi connectivity index (χ4v) is 3.38. The van der Waals surface area contributed by atoms with Crippen LogP contribution in [0.1, 0.15) is 11.1 Å². The molecule has 1 amide bonds. The molecule has 0 aliphatic carbocycles. The Bertz CT molecular complexity index is 913. The number of carbonyl (C=O) groups is 1. The summed E-state index contributed by atoms with van der Waals surface area (Å²) in [6.45, 7) is 3.71. The predicted molar refractivity (Wildman–Crippen MR) is 107 cm³/mol. The summed E-state index contributed by atoms with van der Waals surface area (Å²) in [5.74, 6) is 0.979. The van der Waals surface area contributed by atoms with Crippen LogP contribution in [0.25, 0.3) is 10.8 Å². The van der Waals surface area contributed by atoms with Crippen molar-refractivity contribution < 1.29 is 9.53 Å². The van der Waals surface area contributed by atoms with E-state index in [2.05, 4.69) is 33.4 Å². The Labute approximate surface area is 159 Å². The summed E-state index contributed by atoms with van der Waals surface area (Å²) in [7, 11) is 0. The standard InChI is InChI=1S/C22H23N3O2/c26-22(14-19-6-3-5-18-4-1-2-7-20(18)19)24-16-17-8-9-21(23-15-17)25-10-12-27-13-11-25/h1-9,15H,10-14,16H2,(H,24,26). The van der Waals surface area contributed by atoms with Crippen molar-refractivity contribution >= 4 is 22.5 Å². The summed E-state index contributed by atoms with van der Waals surface area (Å²) >= 11 is 0. The molecular weight excluding hydrogens is 338 g/mol. The van der Waals surface area contributed by atoms with Crippen molar-refractivity contribution in [2.75, 3.05) is 31.2 Å². The van der Waals surface area contributed by atoms with E-state index in [1.165, 1.54) is 0 Å². The normalized spacial score (nSPS) is 14.3. The summed E-state index contributed by atoms with van der Waals surface area (Å²) in [6.07, 6.45) is 2.21. The highest BCUT2D eigenvalue weighted by atomic mass is 16.5. The smallest absolute Gasteiger partial charge is 0.224 e. The molecule has 2 heterocycles. The summed E-state index contributed by atoms with van der Waals surface area (Å²) in [5.41, 5.74) is 2.05. The second-order valence-corrected chi connectivity index (χ2v) is 6.72. The molecule has 0 atom stereocenters. The number of nitrogens with one attached hydrogen (secondary N) is 1. The molecule has 5 nitrogen and oxygen atoms in total. The molecule has 138 valence electrons. The van der Waals surface area contributed by atoms with E-state index in [9.17, 15) is 4.79 Å². The van der Waals surface area contributed by atoms with Crippen molar-refractivity contribution in [1.29, 1.82) is 0 Å². The van der Waals surface area contributed by atoms with Crippen molar-refractivity contribution in [1.82, 2.24) is 10.3 Å². The number of hydrogen-bond acceptors (Lipinski definition) is 4. The molecule has 1 saturated heterocycles. The first-order valence-corrected chi connectivity index (χ1v) is 9.30. The largest absolute Gasteiger partial charge is 0.378 e. The van der Waals surface area contributed by atoms with Crippen molar-refractivity contribution in [3.8, 4) is 0 Å². The molecule has 3 aromatic rings. The molecule has 1 aromatic heterocycles. The molecule has 0 spiro atoms. The van der Waals surface area contributed by atoms with Gasteiger partial charge >= 0.3 is 0 Å². The summed E-state index contributed by atoms with van der Waals surface area (Å²) in [6, 6.07) is 18.3. The molecule has 1 aliphatic heterocycles. The van der Waals surface area contributed by atoms with Gasteiger partial charge in [0, 0.05) is 25.8 Å². The topological polar surface area (TPSA) is 54.5 Å². The van der Waals surface area contributed by atoms with Gasteiger partial charge in [-0.2, -0.15) is 0 Å². The maximum atomic E-state index is 12.4. The van der Waals surface area contributed by atoms with Crippen LogP contribution < -0.4 is 10.2 Å². The van der Waals surface area contributed by atoms with Crippen molar-refractivity contribution in [3.63, 3.8) is 0 Å². The maximum absolute atomic E-state index is 12.4. The first-order valence-electron chi connectivity index (χ1n) is 9.30. The highest BCUT2D eigenvalue weighted by molar-refractivity contribution is 5.90. The van der Waals surface area contributed by atoms with Crippen LogP contribution in [0.5, 0.6) is 0 Å². The minimum absolute atomic E-state index is 0.0172. The van der Waals surface area contributed by atoms with Gasteiger partial charge in [-0.05, 0) is 28.0 Å². The lowest BCUT2D eigenvalue weighted by Gasteiger charge is -2.27. The molecule has 1 fully saturated rings. The fraction of sp³-hybridized carbons (Fsp3) is 0.273. The molecule has 1 N–H and O–H groups in total. The van der Waals surface area contributed by atoms with Crippen molar-refractivity contribution in [2.24, 2.45) is 0 Å². The minimum atomic E-state index is 0.0172. The molecule has 4 rings (SSSR count). The number of ether oxygens (including phenoxy) is 1. The number of carbonyl (C=O) groups excluding carboxylic acids is 1. The molecule has 1 aliphatic rings. The number of aromatic nitrogens is 1.